The zero-order valence-corrected chi connectivity index (χ0v) is 13.6. The van der Waals surface area contributed by atoms with Crippen LogP contribution in [-0.4, -0.2) is 0 Å². The second kappa shape index (κ2) is 7.06. The molecule has 0 spiro atoms. The minimum atomic E-state index is 0.234. The lowest BCUT2D eigenvalue weighted by Crippen LogP contribution is -2.26. The van der Waals surface area contributed by atoms with E-state index in [-0.39, 0.29) is 6.04 Å². The maximum absolute atomic E-state index is 6.44. The van der Waals surface area contributed by atoms with E-state index in [1.54, 1.807) is 11.3 Å². The largest absolute Gasteiger partial charge is 0.324 e. The topological polar surface area (TPSA) is 26.0 Å². The molecule has 1 saturated carbocycles. The van der Waals surface area contributed by atoms with Crippen molar-refractivity contribution in [2.45, 2.75) is 57.9 Å². The molecular formula is C15H24BrNS. The molecule has 2 N–H and O–H groups in total. The first-order valence-corrected chi connectivity index (χ1v) is 8.93. The third-order valence-corrected chi connectivity index (χ3v) is 6.12. The fourth-order valence-electron chi connectivity index (χ4n) is 3.11. The predicted molar refractivity (Wildman–Crippen MR) is 83.9 cm³/mol. The van der Waals surface area contributed by atoms with Crippen LogP contribution in [0.4, 0.5) is 0 Å². The van der Waals surface area contributed by atoms with Crippen LogP contribution in [0.1, 0.15) is 63.5 Å². The number of halogens is 1. The van der Waals surface area contributed by atoms with Crippen LogP contribution < -0.4 is 5.73 Å². The van der Waals surface area contributed by atoms with E-state index in [4.69, 9.17) is 5.73 Å². The molecule has 1 aromatic heterocycles. The van der Waals surface area contributed by atoms with Gasteiger partial charge in [0, 0.05) is 15.9 Å². The Hall–Kier alpha value is 0.140. The van der Waals surface area contributed by atoms with E-state index in [1.165, 1.54) is 55.0 Å². The maximum atomic E-state index is 6.44. The Morgan fingerprint density at radius 3 is 2.61 bits per heavy atom. The van der Waals surface area contributed by atoms with Crippen molar-refractivity contribution >= 4 is 27.3 Å². The van der Waals surface area contributed by atoms with E-state index in [9.17, 15) is 0 Å². The van der Waals surface area contributed by atoms with Crippen molar-refractivity contribution in [3.8, 4) is 0 Å². The quantitative estimate of drug-likeness (QED) is 0.757. The maximum Gasteiger partial charge on any atom is 0.0343 e. The van der Waals surface area contributed by atoms with Crippen LogP contribution in [0.2, 0.25) is 0 Å². The van der Waals surface area contributed by atoms with Crippen LogP contribution in [0.3, 0.4) is 0 Å². The van der Waals surface area contributed by atoms with Crippen molar-refractivity contribution in [3.05, 3.63) is 20.8 Å². The second-order valence-electron chi connectivity index (χ2n) is 5.62. The number of nitrogens with two attached hydrogens (primary N) is 1. The Balaban J connectivity index is 1.84. The lowest BCUT2D eigenvalue weighted by molar-refractivity contribution is 0.232. The summed E-state index contributed by atoms with van der Waals surface area (Å²) in [5, 5.41) is 4.35. The van der Waals surface area contributed by atoms with E-state index in [2.05, 4.69) is 33.6 Å². The van der Waals surface area contributed by atoms with Gasteiger partial charge in [-0.25, -0.2) is 0 Å². The molecule has 0 amide bonds. The van der Waals surface area contributed by atoms with Gasteiger partial charge in [0.15, 0.2) is 0 Å². The first kappa shape index (κ1) is 14.5. The van der Waals surface area contributed by atoms with Crippen molar-refractivity contribution < 1.29 is 0 Å². The number of rotatable bonds is 5. The van der Waals surface area contributed by atoms with Gasteiger partial charge in [-0.15, -0.1) is 0 Å². The van der Waals surface area contributed by atoms with Crippen molar-refractivity contribution in [2.24, 2.45) is 17.6 Å². The molecule has 0 saturated heterocycles. The Kier molecular flexibility index (Phi) is 5.71. The molecule has 1 nitrogen and oxygen atoms in total. The number of hydrogen-bond acceptors (Lipinski definition) is 2. The second-order valence-corrected chi connectivity index (χ2v) is 7.22. The first-order chi connectivity index (χ1) is 8.72. The Bertz CT molecular complexity index is 355. The fourth-order valence-corrected chi connectivity index (χ4v) is 4.72. The molecule has 3 heteroatoms. The molecule has 1 aromatic rings. The molecule has 0 aliphatic heterocycles. The van der Waals surface area contributed by atoms with Crippen LogP contribution in [0.5, 0.6) is 0 Å². The van der Waals surface area contributed by atoms with E-state index < -0.39 is 0 Å². The van der Waals surface area contributed by atoms with E-state index in [1.807, 2.05) is 0 Å². The van der Waals surface area contributed by atoms with Gasteiger partial charge in [-0.1, -0.05) is 39.0 Å². The monoisotopic (exact) mass is 329 g/mol. The third-order valence-electron chi connectivity index (χ3n) is 4.37. The number of hydrogen-bond donors (Lipinski definition) is 1. The summed E-state index contributed by atoms with van der Waals surface area (Å²) in [6.07, 6.45) is 9.58. The summed E-state index contributed by atoms with van der Waals surface area (Å²) in [6.45, 7) is 2.29. The average Bonchev–Trinajstić information content (AvgIpc) is 2.82. The molecule has 1 atom stereocenters. The highest BCUT2D eigenvalue weighted by Gasteiger charge is 2.27. The summed E-state index contributed by atoms with van der Waals surface area (Å²) >= 11 is 5.35. The van der Waals surface area contributed by atoms with Gasteiger partial charge in [-0.2, -0.15) is 11.3 Å². The van der Waals surface area contributed by atoms with Gasteiger partial charge in [0.2, 0.25) is 0 Å². The Morgan fingerprint density at radius 2 is 2.06 bits per heavy atom. The summed E-state index contributed by atoms with van der Waals surface area (Å²) < 4.78 is 1.20. The van der Waals surface area contributed by atoms with Crippen molar-refractivity contribution in [3.63, 3.8) is 0 Å². The Labute approximate surface area is 123 Å². The van der Waals surface area contributed by atoms with E-state index in [0.717, 1.165) is 5.92 Å². The van der Waals surface area contributed by atoms with Gasteiger partial charge in [-0.05, 0) is 51.6 Å². The molecule has 0 bridgehead atoms. The zero-order chi connectivity index (χ0) is 13.0. The molecule has 1 fully saturated rings. The summed E-state index contributed by atoms with van der Waals surface area (Å²) in [7, 11) is 0. The molecular weight excluding hydrogens is 306 g/mol. The average molecular weight is 330 g/mol. The summed E-state index contributed by atoms with van der Waals surface area (Å²) in [5.41, 5.74) is 7.75. The predicted octanol–water partition coefficient (Wildman–Crippen LogP) is 5.51. The lowest BCUT2D eigenvalue weighted by atomic mass is 9.76. The highest BCUT2D eigenvalue weighted by molar-refractivity contribution is 9.10. The lowest BCUT2D eigenvalue weighted by Gasteiger charge is -2.32. The Morgan fingerprint density at radius 1 is 1.33 bits per heavy atom. The van der Waals surface area contributed by atoms with E-state index in [0.29, 0.717) is 5.92 Å². The van der Waals surface area contributed by atoms with Gasteiger partial charge in [-0.3, -0.25) is 0 Å². The van der Waals surface area contributed by atoms with E-state index >= 15 is 0 Å². The molecule has 1 unspecified atom stereocenters. The molecule has 2 rings (SSSR count). The molecule has 18 heavy (non-hydrogen) atoms. The van der Waals surface area contributed by atoms with Crippen LogP contribution in [0.25, 0.3) is 0 Å². The molecule has 1 heterocycles. The highest BCUT2D eigenvalue weighted by Crippen LogP contribution is 2.39. The molecule has 0 aromatic carbocycles. The highest BCUT2D eigenvalue weighted by atomic mass is 79.9. The van der Waals surface area contributed by atoms with Crippen molar-refractivity contribution in [1.29, 1.82) is 0 Å². The summed E-state index contributed by atoms with van der Waals surface area (Å²) in [5.74, 6) is 1.66. The molecule has 1 aliphatic carbocycles. The molecule has 1 aliphatic rings. The van der Waals surface area contributed by atoms with Gasteiger partial charge < -0.3 is 5.73 Å². The van der Waals surface area contributed by atoms with Crippen LogP contribution in [0.15, 0.2) is 15.2 Å². The number of thiophene rings is 1. The van der Waals surface area contributed by atoms with Gasteiger partial charge in [0.1, 0.15) is 0 Å². The zero-order valence-electron chi connectivity index (χ0n) is 11.2. The van der Waals surface area contributed by atoms with Crippen LogP contribution in [-0.2, 0) is 0 Å². The van der Waals surface area contributed by atoms with Gasteiger partial charge >= 0.3 is 0 Å². The van der Waals surface area contributed by atoms with Crippen molar-refractivity contribution in [2.75, 3.05) is 0 Å². The normalized spacial score (nSPS) is 26.2. The SMILES string of the molecule is CCCCC1CCC(C(N)c2cscc2Br)CC1. The summed E-state index contributed by atoms with van der Waals surface area (Å²) in [6, 6.07) is 0.234. The van der Waals surface area contributed by atoms with Crippen LogP contribution >= 0.6 is 27.3 Å². The molecule has 102 valence electrons. The fraction of sp³-hybridized carbons (Fsp3) is 0.733. The van der Waals surface area contributed by atoms with Gasteiger partial charge in [0.05, 0.1) is 0 Å². The van der Waals surface area contributed by atoms with Crippen molar-refractivity contribution in [1.82, 2.24) is 0 Å². The first-order valence-electron chi connectivity index (χ1n) is 7.19. The van der Waals surface area contributed by atoms with Gasteiger partial charge in [0.25, 0.3) is 0 Å². The third kappa shape index (κ3) is 3.58. The molecule has 0 radical (unpaired) electrons. The minimum absolute atomic E-state index is 0.234. The minimum Gasteiger partial charge on any atom is -0.324 e. The summed E-state index contributed by atoms with van der Waals surface area (Å²) in [4.78, 5) is 0. The number of unbranched alkanes of at least 4 members (excludes halogenated alkanes) is 1. The smallest absolute Gasteiger partial charge is 0.0343 e. The standard InChI is InChI=1S/C15H24BrNS/c1-2-3-4-11-5-7-12(8-6-11)15(17)13-9-18-10-14(13)16/h9-12,15H,2-8,17H2,1H3. The van der Waals surface area contributed by atoms with Crippen LogP contribution in [0, 0.1) is 11.8 Å².